The van der Waals surface area contributed by atoms with Gasteiger partial charge in [-0.2, -0.15) is 5.26 Å². The van der Waals surface area contributed by atoms with Crippen LogP contribution in [0.3, 0.4) is 0 Å². The molecule has 3 aromatic rings. The van der Waals surface area contributed by atoms with Crippen molar-refractivity contribution < 1.29 is 19.1 Å². The maximum Gasteiger partial charge on any atom is 0.341 e. The van der Waals surface area contributed by atoms with Gasteiger partial charge in [-0.15, -0.1) is 11.3 Å². The number of carbonyl (C=O) groups excluding carboxylic acids is 2. The largest absolute Gasteiger partial charge is 0.494 e. The van der Waals surface area contributed by atoms with Gasteiger partial charge in [0.05, 0.1) is 13.2 Å². The number of benzene rings is 2. The lowest BCUT2D eigenvalue weighted by molar-refractivity contribution is -0.112. The van der Waals surface area contributed by atoms with Gasteiger partial charge in [0.25, 0.3) is 5.91 Å². The van der Waals surface area contributed by atoms with Crippen molar-refractivity contribution in [2.24, 2.45) is 0 Å². The number of anilines is 1. The molecular formula is C26H24N2O4S. The van der Waals surface area contributed by atoms with Gasteiger partial charge < -0.3 is 14.8 Å². The van der Waals surface area contributed by atoms with E-state index in [-0.39, 0.29) is 17.7 Å². The molecule has 0 aliphatic carbocycles. The van der Waals surface area contributed by atoms with E-state index in [0.717, 1.165) is 17.7 Å². The van der Waals surface area contributed by atoms with Crippen LogP contribution in [0.2, 0.25) is 0 Å². The van der Waals surface area contributed by atoms with E-state index >= 15 is 0 Å². The molecule has 0 spiro atoms. The van der Waals surface area contributed by atoms with Crippen LogP contribution in [0.15, 0.2) is 65.6 Å². The van der Waals surface area contributed by atoms with E-state index in [0.29, 0.717) is 22.7 Å². The average molecular weight is 461 g/mol. The highest BCUT2D eigenvalue weighted by molar-refractivity contribution is 7.15. The Hall–Kier alpha value is -3.89. The zero-order valence-electron chi connectivity index (χ0n) is 18.5. The Morgan fingerprint density at radius 3 is 2.45 bits per heavy atom. The molecule has 7 heteroatoms. The molecule has 1 heterocycles. The van der Waals surface area contributed by atoms with Crippen LogP contribution in [0.5, 0.6) is 5.75 Å². The van der Waals surface area contributed by atoms with Gasteiger partial charge in [0.2, 0.25) is 0 Å². The van der Waals surface area contributed by atoms with E-state index in [1.807, 2.05) is 43.3 Å². The summed E-state index contributed by atoms with van der Waals surface area (Å²) in [7, 11) is 0. The second-order valence-corrected chi connectivity index (χ2v) is 7.86. The molecule has 1 amide bonds. The molecule has 0 aliphatic heterocycles. The summed E-state index contributed by atoms with van der Waals surface area (Å²) >= 11 is 1.21. The number of amides is 1. The highest BCUT2D eigenvalue weighted by Crippen LogP contribution is 2.36. The first kappa shape index (κ1) is 23.8. The van der Waals surface area contributed by atoms with Gasteiger partial charge in [-0.25, -0.2) is 4.79 Å². The normalized spacial score (nSPS) is 10.9. The third kappa shape index (κ3) is 6.09. The van der Waals surface area contributed by atoms with Crippen molar-refractivity contribution in [3.8, 4) is 22.9 Å². The number of carbonyl (C=O) groups is 2. The SMILES string of the molecule is CCCOc1ccc(/C=C(\C#N)C(=O)Nc2scc(-c3ccccc3)c2C(=O)OCC)cc1. The number of esters is 1. The molecule has 0 saturated heterocycles. The van der Waals surface area contributed by atoms with E-state index in [1.165, 1.54) is 17.4 Å². The van der Waals surface area contributed by atoms with E-state index < -0.39 is 11.9 Å². The zero-order chi connectivity index (χ0) is 23.6. The molecule has 2 aromatic carbocycles. The molecule has 0 unspecified atom stereocenters. The molecule has 0 radical (unpaired) electrons. The van der Waals surface area contributed by atoms with Crippen molar-refractivity contribution in [3.05, 3.63) is 76.7 Å². The number of rotatable bonds is 9. The summed E-state index contributed by atoms with van der Waals surface area (Å²) in [4.78, 5) is 25.5. The molecule has 0 bridgehead atoms. The standard InChI is InChI=1S/C26H24N2O4S/c1-3-14-32-21-12-10-18(11-13-21)15-20(16-27)24(29)28-25-23(26(30)31-4-2)22(17-33-25)19-8-6-5-7-9-19/h5-13,15,17H,3-4,14H2,1-2H3,(H,28,29)/b20-15+. The van der Waals surface area contributed by atoms with Gasteiger partial charge in [-0.3, -0.25) is 4.79 Å². The Bertz CT molecular complexity index is 1180. The van der Waals surface area contributed by atoms with Crippen molar-refractivity contribution >= 4 is 34.3 Å². The van der Waals surface area contributed by atoms with Crippen LogP contribution < -0.4 is 10.1 Å². The molecule has 0 aliphatic rings. The Labute approximate surface area is 197 Å². The van der Waals surface area contributed by atoms with Crippen LogP contribution in [0.25, 0.3) is 17.2 Å². The Morgan fingerprint density at radius 2 is 1.82 bits per heavy atom. The minimum absolute atomic E-state index is 0.0818. The first-order valence-corrected chi connectivity index (χ1v) is 11.4. The quantitative estimate of drug-likeness (QED) is 0.243. The van der Waals surface area contributed by atoms with E-state index in [4.69, 9.17) is 9.47 Å². The summed E-state index contributed by atoms with van der Waals surface area (Å²) in [5, 5.41) is 14.4. The van der Waals surface area contributed by atoms with Crippen molar-refractivity contribution in [2.75, 3.05) is 18.5 Å². The van der Waals surface area contributed by atoms with Gasteiger partial charge in [0.1, 0.15) is 28.0 Å². The number of hydrogen-bond acceptors (Lipinski definition) is 6. The molecule has 1 aromatic heterocycles. The summed E-state index contributed by atoms with van der Waals surface area (Å²) in [6, 6.07) is 18.5. The highest BCUT2D eigenvalue weighted by atomic mass is 32.1. The third-order valence-corrected chi connectivity index (χ3v) is 5.51. The average Bonchev–Trinajstić information content (AvgIpc) is 3.26. The molecule has 0 saturated carbocycles. The predicted molar refractivity (Wildman–Crippen MR) is 130 cm³/mol. The maximum atomic E-state index is 12.9. The Morgan fingerprint density at radius 1 is 1.09 bits per heavy atom. The monoisotopic (exact) mass is 460 g/mol. The summed E-state index contributed by atoms with van der Waals surface area (Å²) < 4.78 is 10.8. The molecule has 33 heavy (non-hydrogen) atoms. The molecule has 0 atom stereocenters. The lowest BCUT2D eigenvalue weighted by Gasteiger charge is -2.09. The Kier molecular flexibility index (Phi) is 8.39. The highest BCUT2D eigenvalue weighted by Gasteiger charge is 2.23. The smallest absolute Gasteiger partial charge is 0.341 e. The van der Waals surface area contributed by atoms with Crippen LogP contribution in [-0.4, -0.2) is 25.1 Å². The topological polar surface area (TPSA) is 88.4 Å². The van der Waals surface area contributed by atoms with Crippen molar-refractivity contribution in [3.63, 3.8) is 0 Å². The minimum atomic E-state index is -0.601. The zero-order valence-corrected chi connectivity index (χ0v) is 19.3. The van der Waals surface area contributed by atoms with Crippen molar-refractivity contribution in [1.82, 2.24) is 0 Å². The van der Waals surface area contributed by atoms with E-state index in [1.54, 1.807) is 36.6 Å². The molecule has 1 N–H and O–H groups in total. The summed E-state index contributed by atoms with van der Waals surface area (Å²) in [6.07, 6.45) is 2.40. The second-order valence-electron chi connectivity index (χ2n) is 6.98. The summed E-state index contributed by atoms with van der Waals surface area (Å²) in [5.41, 5.74) is 2.38. The molecule has 168 valence electrons. The Balaban J connectivity index is 1.86. The van der Waals surface area contributed by atoms with Gasteiger partial charge in [-0.1, -0.05) is 49.4 Å². The predicted octanol–water partition coefficient (Wildman–Crippen LogP) is 5.93. The van der Waals surface area contributed by atoms with Gasteiger partial charge >= 0.3 is 5.97 Å². The van der Waals surface area contributed by atoms with Crippen LogP contribution in [0.1, 0.15) is 36.2 Å². The first-order chi connectivity index (χ1) is 16.1. The number of ether oxygens (including phenoxy) is 2. The minimum Gasteiger partial charge on any atom is -0.494 e. The fourth-order valence-corrected chi connectivity index (χ4v) is 4.00. The van der Waals surface area contributed by atoms with Crippen LogP contribution in [-0.2, 0) is 9.53 Å². The number of nitrogens with one attached hydrogen (secondary N) is 1. The number of nitrogens with zero attached hydrogens (tertiary/aromatic N) is 1. The fourth-order valence-electron chi connectivity index (χ4n) is 3.05. The van der Waals surface area contributed by atoms with Crippen molar-refractivity contribution in [2.45, 2.75) is 20.3 Å². The fraction of sp³-hybridized carbons (Fsp3) is 0.192. The number of nitriles is 1. The summed E-state index contributed by atoms with van der Waals surface area (Å²) in [5.74, 6) is -0.406. The molecule has 6 nitrogen and oxygen atoms in total. The first-order valence-electron chi connectivity index (χ1n) is 10.6. The maximum absolute atomic E-state index is 12.9. The third-order valence-electron chi connectivity index (χ3n) is 4.61. The van der Waals surface area contributed by atoms with Crippen molar-refractivity contribution in [1.29, 1.82) is 5.26 Å². The summed E-state index contributed by atoms with van der Waals surface area (Å²) in [6.45, 7) is 4.58. The molecule has 3 rings (SSSR count). The lowest BCUT2D eigenvalue weighted by atomic mass is 10.0. The van der Waals surface area contributed by atoms with Crippen LogP contribution in [0, 0.1) is 11.3 Å². The number of thiophene rings is 1. The van der Waals surface area contributed by atoms with Gasteiger partial charge in [-0.05, 0) is 42.7 Å². The van der Waals surface area contributed by atoms with Gasteiger partial charge in [0, 0.05) is 10.9 Å². The molecular weight excluding hydrogens is 436 g/mol. The molecule has 0 fully saturated rings. The van der Waals surface area contributed by atoms with E-state index in [2.05, 4.69) is 5.32 Å². The van der Waals surface area contributed by atoms with Crippen LogP contribution >= 0.6 is 11.3 Å². The lowest BCUT2D eigenvalue weighted by Crippen LogP contribution is -2.16. The number of hydrogen-bond donors (Lipinski definition) is 1. The van der Waals surface area contributed by atoms with E-state index in [9.17, 15) is 14.9 Å². The van der Waals surface area contributed by atoms with Gasteiger partial charge in [0.15, 0.2) is 0 Å². The van der Waals surface area contributed by atoms with Crippen LogP contribution in [0.4, 0.5) is 5.00 Å². The second kappa shape index (κ2) is 11.7.